The van der Waals surface area contributed by atoms with E-state index in [-0.39, 0.29) is 13.0 Å². The van der Waals surface area contributed by atoms with Crippen LogP contribution in [-0.2, 0) is 14.6 Å². The van der Waals surface area contributed by atoms with Crippen molar-refractivity contribution in [2.24, 2.45) is 0 Å². The maximum absolute atomic E-state index is 12.6. The van der Waals surface area contributed by atoms with Gasteiger partial charge in [-0.25, -0.2) is 8.42 Å². The summed E-state index contributed by atoms with van der Waals surface area (Å²) in [5.41, 5.74) is 0.699. The van der Waals surface area contributed by atoms with Crippen molar-refractivity contribution < 1.29 is 23.1 Å². The van der Waals surface area contributed by atoms with E-state index in [0.29, 0.717) is 11.3 Å². The molecular formula is C18H21NO5S. The van der Waals surface area contributed by atoms with Crippen LogP contribution in [0.15, 0.2) is 30.5 Å². The molecule has 7 heteroatoms. The largest absolute Gasteiger partial charge is 0.481 e. The molecule has 0 spiro atoms. The Hall–Kier alpha value is -2.46. The first-order valence-electron chi connectivity index (χ1n) is 7.91. The molecule has 25 heavy (non-hydrogen) atoms. The summed E-state index contributed by atoms with van der Waals surface area (Å²) in [5.74, 6) is 4.87. The summed E-state index contributed by atoms with van der Waals surface area (Å²) in [6.07, 6.45) is 1.68. The van der Waals surface area contributed by atoms with Crippen LogP contribution in [0, 0.1) is 11.8 Å². The predicted molar refractivity (Wildman–Crippen MR) is 96.2 cm³/mol. The lowest BCUT2D eigenvalue weighted by Gasteiger charge is -2.20. The average Bonchev–Trinajstić information content (AvgIpc) is 2.97. The molecule has 6 nitrogen and oxygen atoms in total. The van der Waals surface area contributed by atoms with Gasteiger partial charge in [0.1, 0.15) is 17.7 Å². The Labute approximate surface area is 147 Å². The van der Waals surface area contributed by atoms with E-state index in [1.54, 1.807) is 48.9 Å². The van der Waals surface area contributed by atoms with E-state index in [0.717, 1.165) is 5.39 Å². The van der Waals surface area contributed by atoms with Crippen LogP contribution < -0.4 is 4.74 Å². The number of carboxylic acid groups (broad SMARTS) is 1. The van der Waals surface area contributed by atoms with Crippen LogP contribution in [0.25, 0.3) is 10.9 Å². The first-order chi connectivity index (χ1) is 11.8. The summed E-state index contributed by atoms with van der Waals surface area (Å²) in [6.45, 7) is 5.07. The Balaban J connectivity index is 2.37. The standard InChI is InChI=1S/C18H21NO5S/c1-4-6-11-24-15-7-8-16-14(12-15)9-10-19(16)13(3)25(22,23)17(5-2)18(20)21/h7-10,12-13,17H,5,11H2,1-3H3,(H,20,21). The number of benzene rings is 1. The molecule has 1 aromatic carbocycles. The summed E-state index contributed by atoms with van der Waals surface area (Å²) in [5, 5.41) is 7.60. The maximum Gasteiger partial charge on any atom is 0.321 e. The lowest BCUT2D eigenvalue weighted by Crippen LogP contribution is -2.34. The Morgan fingerprint density at radius 1 is 1.36 bits per heavy atom. The van der Waals surface area contributed by atoms with Gasteiger partial charge in [-0.15, -0.1) is 5.92 Å². The third-order valence-corrected chi connectivity index (χ3v) is 6.60. The van der Waals surface area contributed by atoms with E-state index < -0.39 is 26.4 Å². The molecule has 0 radical (unpaired) electrons. The van der Waals surface area contributed by atoms with E-state index in [1.165, 1.54) is 6.92 Å². The molecule has 1 heterocycles. The van der Waals surface area contributed by atoms with Crippen LogP contribution in [0.3, 0.4) is 0 Å². The van der Waals surface area contributed by atoms with Gasteiger partial charge < -0.3 is 14.4 Å². The molecule has 0 saturated carbocycles. The fourth-order valence-corrected chi connectivity index (χ4v) is 4.41. The van der Waals surface area contributed by atoms with Gasteiger partial charge in [0.05, 0.1) is 0 Å². The van der Waals surface area contributed by atoms with Crippen molar-refractivity contribution in [1.29, 1.82) is 0 Å². The highest BCUT2D eigenvalue weighted by atomic mass is 32.2. The number of hydrogen-bond donors (Lipinski definition) is 1. The fourth-order valence-electron chi connectivity index (χ4n) is 2.68. The molecule has 1 N–H and O–H groups in total. The number of carbonyl (C=O) groups is 1. The maximum atomic E-state index is 12.6. The molecule has 134 valence electrons. The van der Waals surface area contributed by atoms with Crippen molar-refractivity contribution >= 4 is 26.7 Å². The van der Waals surface area contributed by atoms with Gasteiger partial charge in [-0.3, -0.25) is 4.79 Å². The van der Waals surface area contributed by atoms with Crippen molar-refractivity contribution in [3.8, 4) is 17.6 Å². The second-order valence-electron chi connectivity index (χ2n) is 5.58. The molecule has 2 unspecified atom stereocenters. The first-order valence-corrected chi connectivity index (χ1v) is 9.52. The molecule has 0 aliphatic rings. The van der Waals surface area contributed by atoms with Crippen molar-refractivity contribution in [3.63, 3.8) is 0 Å². The molecule has 2 rings (SSSR count). The number of sulfone groups is 1. The molecule has 0 aliphatic carbocycles. The molecule has 0 amide bonds. The molecule has 0 bridgehead atoms. The minimum atomic E-state index is -3.88. The quantitative estimate of drug-likeness (QED) is 0.765. The SMILES string of the molecule is CC#CCOc1ccc2c(ccn2C(C)S(=O)(=O)C(CC)C(=O)O)c1. The lowest BCUT2D eigenvalue weighted by atomic mass is 10.2. The van der Waals surface area contributed by atoms with Crippen LogP contribution in [0.4, 0.5) is 0 Å². The Morgan fingerprint density at radius 2 is 2.08 bits per heavy atom. The number of nitrogens with zero attached hydrogens (tertiary/aromatic N) is 1. The number of carboxylic acids is 1. The lowest BCUT2D eigenvalue weighted by molar-refractivity contribution is -0.136. The summed E-state index contributed by atoms with van der Waals surface area (Å²) in [6, 6.07) is 7.08. The Morgan fingerprint density at radius 3 is 2.68 bits per heavy atom. The first kappa shape index (κ1) is 18.9. The summed E-state index contributed by atoms with van der Waals surface area (Å²) in [4.78, 5) is 11.3. The Bertz CT molecular complexity index is 933. The van der Waals surface area contributed by atoms with Gasteiger partial charge in [0.2, 0.25) is 0 Å². The monoisotopic (exact) mass is 363 g/mol. The minimum Gasteiger partial charge on any atom is -0.481 e. The molecule has 2 aromatic rings. The zero-order chi connectivity index (χ0) is 18.6. The van der Waals surface area contributed by atoms with Gasteiger partial charge in [0.15, 0.2) is 15.1 Å². The van der Waals surface area contributed by atoms with Crippen molar-refractivity contribution in [2.75, 3.05) is 6.61 Å². The van der Waals surface area contributed by atoms with Gasteiger partial charge >= 0.3 is 5.97 Å². The number of fused-ring (bicyclic) bond motifs is 1. The summed E-state index contributed by atoms with van der Waals surface area (Å²) in [7, 11) is -3.88. The highest BCUT2D eigenvalue weighted by Crippen LogP contribution is 2.29. The molecule has 0 aliphatic heterocycles. The smallest absolute Gasteiger partial charge is 0.321 e. The number of rotatable bonds is 7. The summed E-state index contributed by atoms with van der Waals surface area (Å²) >= 11 is 0. The molecule has 2 atom stereocenters. The van der Waals surface area contributed by atoms with Gasteiger partial charge in [0.25, 0.3) is 0 Å². The van der Waals surface area contributed by atoms with Gasteiger partial charge in [-0.1, -0.05) is 12.8 Å². The van der Waals surface area contributed by atoms with Crippen LogP contribution in [0.2, 0.25) is 0 Å². The van der Waals surface area contributed by atoms with Gasteiger partial charge in [-0.2, -0.15) is 0 Å². The number of aromatic nitrogens is 1. The fraction of sp³-hybridized carbons (Fsp3) is 0.389. The van der Waals surface area contributed by atoms with Gasteiger partial charge in [-0.05, 0) is 44.5 Å². The van der Waals surface area contributed by atoms with Crippen LogP contribution in [0.5, 0.6) is 5.75 Å². The summed E-state index contributed by atoms with van der Waals surface area (Å²) < 4.78 is 32.4. The second-order valence-corrected chi connectivity index (χ2v) is 8.01. The van der Waals surface area contributed by atoms with Crippen molar-refractivity contribution in [3.05, 3.63) is 30.5 Å². The molecule has 1 aromatic heterocycles. The van der Waals surface area contributed by atoms with E-state index in [2.05, 4.69) is 11.8 Å². The van der Waals surface area contributed by atoms with E-state index in [9.17, 15) is 18.3 Å². The second kappa shape index (κ2) is 7.62. The topological polar surface area (TPSA) is 85.6 Å². The number of hydrogen-bond acceptors (Lipinski definition) is 4. The van der Waals surface area contributed by atoms with E-state index >= 15 is 0 Å². The van der Waals surface area contributed by atoms with E-state index in [4.69, 9.17) is 4.74 Å². The van der Waals surface area contributed by atoms with Crippen molar-refractivity contribution in [1.82, 2.24) is 4.57 Å². The average molecular weight is 363 g/mol. The zero-order valence-corrected chi connectivity index (χ0v) is 15.2. The zero-order valence-electron chi connectivity index (χ0n) is 14.4. The molecule has 0 saturated heterocycles. The third kappa shape index (κ3) is 3.80. The number of aliphatic carboxylic acids is 1. The predicted octanol–water partition coefficient (Wildman–Crippen LogP) is 2.84. The normalized spacial score (nSPS) is 13.7. The van der Waals surface area contributed by atoms with E-state index in [1.807, 2.05) is 0 Å². The third-order valence-electron chi connectivity index (χ3n) is 4.09. The Kier molecular flexibility index (Phi) is 5.75. The van der Waals surface area contributed by atoms with Crippen LogP contribution >= 0.6 is 0 Å². The number of ether oxygens (including phenoxy) is 1. The highest BCUT2D eigenvalue weighted by molar-refractivity contribution is 7.92. The van der Waals surface area contributed by atoms with Gasteiger partial charge in [0, 0.05) is 17.1 Å². The molecule has 0 fully saturated rings. The van der Waals surface area contributed by atoms with Crippen LogP contribution in [0.1, 0.15) is 32.6 Å². The minimum absolute atomic E-state index is 0.0255. The van der Waals surface area contributed by atoms with Crippen molar-refractivity contribution in [2.45, 2.75) is 37.8 Å². The highest BCUT2D eigenvalue weighted by Gasteiger charge is 2.36. The molecular weight excluding hydrogens is 342 g/mol. The van der Waals surface area contributed by atoms with Crippen LogP contribution in [-0.4, -0.2) is 35.9 Å².